The highest BCUT2D eigenvalue weighted by atomic mass is 35.5. The van der Waals surface area contributed by atoms with Crippen LogP contribution in [-0.2, 0) is 21.2 Å². The van der Waals surface area contributed by atoms with Crippen molar-refractivity contribution in [3.8, 4) is 11.5 Å². The number of benzene rings is 2. The van der Waals surface area contributed by atoms with Gasteiger partial charge in [-0.3, -0.25) is 4.79 Å². The number of rotatable bonds is 9. The summed E-state index contributed by atoms with van der Waals surface area (Å²) in [4.78, 5) is 14.2. The van der Waals surface area contributed by atoms with Gasteiger partial charge < -0.3 is 14.4 Å². The first-order chi connectivity index (χ1) is 13.3. The lowest BCUT2D eigenvalue weighted by atomic mass is 10.2. The van der Waals surface area contributed by atoms with E-state index in [-0.39, 0.29) is 11.4 Å². The molecule has 0 N–H and O–H groups in total. The minimum Gasteiger partial charge on any atom is -0.493 e. The van der Waals surface area contributed by atoms with Crippen LogP contribution in [0, 0.1) is 0 Å². The van der Waals surface area contributed by atoms with Crippen molar-refractivity contribution < 1.29 is 22.7 Å². The first-order valence-corrected chi connectivity index (χ1v) is 10.9. The molecule has 2 aromatic carbocycles. The van der Waals surface area contributed by atoms with Crippen LogP contribution in [0.4, 0.5) is 0 Å². The first-order valence-electron chi connectivity index (χ1n) is 8.86. The Bertz CT molecular complexity index is 913. The molecule has 28 heavy (non-hydrogen) atoms. The average molecular weight is 426 g/mol. The van der Waals surface area contributed by atoms with Crippen LogP contribution in [0.3, 0.4) is 0 Å². The van der Waals surface area contributed by atoms with E-state index in [0.717, 1.165) is 5.56 Å². The van der Waals surface area contributed by atoms with Gasteiger partial charge in [-0.05, 0) is 55.8 Å². The molecule has 0 aliphatic heterocycles. The van der Waals surface area contributed by atoms with Gasteiger partial charge in [-0.15, -0.1) is 0 Å². The van der Waals surface area contributed by atoms with Crippen molar-refractivity contribution in [3.63, 3.8) is 0 Å². The van der Waals surface area contributed by atoms with Crippen molar-refractivity contribution >= 4 is 27.3 Å². The molecule has 8 heteroatoms. The van der Waals surface area contributed by atoms with E-state index >= 15 is 0 Å². The summed E-state index contributed by atoms with van der Waals surface area (Å²) in [6, 6.07) is 11.2. The zero-order chi connectivity index (χ0) is 20.7. The lowest BCUT2D eigenvalue weighted by Crippen LogP contribution is -2.35. The number of hydrogen-bond donors (Lipinski definition) is 0. The fraction of sp³-hybridized carbons (Fsp3) is 0.350. The molecule has 0 aliphatic carbocycles. The van der Waals surface area contributed by atoms with Crippen molar-refractivity contribution in [2.75, 3.05) is 26.0 Å². The van der Waals surface area contributed by atoms with Crippen LogP contribution >= 0.6 is 11.6 Å². The predicted molar refractivity (Wildman–Crippen MR) is 109 cm³/mol. The fourth-order valence-electron chi connectivity index (χ4n) is 2.66. The number of hydrogen-bond acceptors (Lipinski definition) is 5. The summed E-state index contributed by atoms with van der Waals surface area (Å²) in [7, 11) is -2.20. The number of ether oxygens (including phenoxy) is 2. The lowest BCUT2D eigenvalue weighted by Gasteiger charge is -2.22. The summed E-state index contributed by atoms with van der Waals surface area (Å²) < 4.78 is 35.9. The molecule has 0 spiro atoms. The molecule has 0 unspecified atom stereocenters. The highest BCUT2D eigenvalue weighted by molar-refractivity contribution is 7.92. The van der Waals surface area contributed by atoms with Crippen LogP contribution in [0.5, 0.6) is 11.5 Å². The average Bonchev–Trinajstić information content (AvgIpc) is 2.67. The van der Waals surface area contributed by atoms with E-state index in [1.165, 1.54) is 29.2 Å². The molecule has 0 aliphatic rings. The fourth-order valence-corrected chi connectivity index (χ4v) is 4.01. The second-order valence-electron chi connectivity index (χ2n) is 6.04. The van der Waals surface area contributed by atoms with Crippen LogP contribution in [0.1, 0.15) is 19.4 Å². The molecule has 0 bridgehead atoms. The van der Waals surface area contributed by atoms with Crippen molar-refractivity contribution in [1.29, 1.82) is 0 Å². The van der Waals surface area contributed by atoms with Gasteiger partial charge >= 0.3 is 0 Å². The zero-order valence-corrected chi connectivity index (χ0v) is 17.7. The van der Waals surface area contributed by atoms with Gasteiger partial charge in [0.15, 0.2) is 21.3 Å². The van der Waals surface area contributed by atoms with Crippen LogP contribution < -0.4 is 9.47 Å². The standard InChI is InChI=1S/C20H24ClNO5S/c1-4-22(13-15-6-11-18(27-5-2)19(12-15)26-3)20(23)14-28(24,25)17-9-7-16(21)8-10-17/h6-12H,4-5,13-14H2,1-3H3. The van der Waals surface area contributed by atoms with Crippen LogP contribution in [0.15, 0.2) is 47.4 Å². The second-order valence-corrected chi connectivity index (χ2v) is 8.47. The van der Waals surface area contributed by atoms with Gasteiger partial charge in [0.25, 0.3) is 0 Å². The minimum atomic E-state index is -3.75. The van der Waals surface area contributed by atoms with E-state index in [4.69, 9.17) is 21.1 Å². The third-order valence-corrected chi connectivity index (χ3v) is 5.99. The zero-order valence-electron chi connectivity index (χ0n) is 16.1. The smallest absolute Gasteiger partial charge is 0.238 e. The maximum absolute atomic E-state index is 12.6. The largest absolute Gasteiger partial charge is 0.493 e. The molecular formula is C20H24ClNO5S. The Labute approximate surface area is 170 Å². The Morgan fingerprint density at radius 2 is 1.75 bits per heavy atom. The van der Waals surface area contributed by atoms with Gasteiger partial charge in [0.2, 0.25) is 5.91 Å². The number of methoxy groups -OCH3 is 1. The SMILES string of the molecule is CCOc1ccc(CN(CC)C(=O)CS(=O)(=O)c2ccc(Cl)cc2)cc1OC. The first kappa shape index (κ1) is 22.0. The molecule has 0 aromatic heterocycles. The number of carbonyl (C=O) groups is 1. The van der Waals surface area contributed by atoms with Gasteiger partial charge in [-0.25, -0.2) is 8.42 Å². The molecule has 2 rings (SSSR count). The molecule has 0 saturated heterocycles. The summed E-state index contributed by atoms with van der Waals surface area (Å²) in [5, 5.41) is 0.435. The molecule has 1 amide bonds. The molecule has 152 valence electrons. The summed E-state index contributed by atoms with van der Waals surface area (Å²) >= 11 is 5.80. The number of sulfone groups is 1. The Morgan fingerprint density at radius 1 is 1.07 bits per heavy atom. The summed E-state index contributed by atoms with van der Waals surface area (Å²) in [5.74, 6) is 0.117. The van der Waals surface area contributed by atoms with Crippen molar-refractivity contribution in [3.05, 3.63) is 53.1 Å². The van der Waals surface area contributed by atoms with E-state index in [9.17, 15) is 13.2 Å². The predicted octanol–water partition coefficient (Wildman–Crippen LogP) is 3.57. The van der Waals surface area contributed by atoms with Crippen molar-refractivity contribution in [2.45, 2.75) is 25.3 Å². The third kappa shape index (κ3) is 5.62. The number of halogens is 1. The van der Waals surface area contributed by atoms with Crippen LogP contribution in [0.25, 0.3) is 0 Å². The van der Waals surface area contributed by atoms with E-state index in [0.29, 0.717) is 29.7 Å². The van der Waals surface area contributed by atoms with Gasteiger partial charge in [0, 0.05) is 18.1 Å². The molecule has 0 radical (unpaired) electrons. The van der Waals surface area contributed by atoms with E-state index in [2.05, 4.69) is 0 Å². The molecule has 6 nitrogen and oxygen atoms in total. The number of amides is 1. The summed E-state index contributed by atoms with van der Waals surface area (Å²) in [5.41, 5.74) is 0.819. The summed E-state index contributed by atoms with van der Waals surface area (Å²) in [6.07, 6.45) is 0. The molecule has 0 saturated carbocycles. The van der Waals surface area contributed by atoms with Gasteiger partial charge in [0.05, 0.1) is 18.6 Å². The van der Waals surface area contributed by atoms with E-state index < -0.39 is 21.5 Å². The Kier molecular flexibility index (Phi) is 7.71. The molecule has 0 atom stereocenters. The normalized spacial score (nSPS) is 11.1. The third-order valence-electron chi connectivity index (χ3n) is 4.12. The second kappa shape index (κ2) is 9.80. The van der Waals surface area contributed by atoms with E-state index in [1.54, 1.807) is 26.2 Å². The number of carbonyl (C=O) groups excluding carboxylic acids is 1. The molecule has 0 fully saturated rings. The highest BCUT2D eigenvalue weighted by Crippen LogP contribution is 2.28. The lowest BCUT2D eigenvalue weighted by molar-refractivity contribution is -0.128. The maximum atomic E-state index is 12.6. The Balaban J connectivity index is 2.14. The number of nitrogens with zero attached hydrogens (tertiary/aromatic N) is 1. The Hall–Kier alpha value is -2.25. The van der Waals surface area contributed by atoms with Crippen LogP contribution in [-0.4, -0.2) is 45.2 Å². The minimum absolute atomic E-state index is 0.0732. The quantitative estimate of drug-likeness (QED) is 0.614. The van der Waals surface area contributed by atoms with Crippen molar-refractivity contribution in [1.82, 2.24) is 4.90 Å². The van der Waals surface area contributed by atoms with Crippen molar-refractivity contribution in [2.24, 2.45) is 0 Å². The molecule has 0 heterocycles. The van der Waals surface area contributed by atoms with Gasteiger partial charge in [0.1, 0.15) is 5.75 Å². The Morgan fingerprint density at radius 3 is 2.32 bits per heavy atom. The maximum Gasteiger partial charge on any atom is 0.238 e. The monoisotopic (exact) mass is 425 g/mol. The highest BCUT2D eigenvalue weighted by Gasteiger charge is 2.23. The topological polar surface area (TPSA) is 72.9 Å². The summed E-state index contributed by atoms with van der Waals surface area (Å²) in [6.45, 7) is 4.85. The molecule has 2 aromatic rings. The van der Waals surface area contributed by atoms with Gasteiger partial charge in [-0.1, -0.05) is 17.7 Å². The van der Waals surface area contributed by atoms with Gasteiger partial charge in [-0.2, -0.15) is 0 Å². The molecular weight excluding hydrogens is 402 g/mol. The van der Waals surface area contributed by atoms with E-state index in [1.807, 2.05) is 13.0 Å². The van der Waals surface area contributed by atoms with Crippen LogP contribution in [0.2, 0.25) is 5.02 Å².